The Morgan fingerprint density at radius 1 is 1.38 bits per heavy atom. The molecule has 2 heterocycles. The molecule has 1 aliphatic heterocycles. The first-order chi connectivity index (χ1) is 13.8. The Morgan fingerprint density at radius 2 is 2.10 bits per heavy atom. The molecule has 2 N–H and O–H groups in total. The van der Waals surface area contributed by atoms with Crippen LogP contribution in [0.5, 0.6) is 0 Å². The van der Waals surface area contributed by atoms with Crippen molar-refractivity contribution in [1.29, 1.82) is 0 Å². The van der Waals surface area contributed by atoms with Crippen LogP contribution in [-0.4, -0.2) is 41.5 Å². The van der Waals surface area contributed by atoms with Gasteiger partial charge in [0.25, 0.3) is 6.54 Å². The molecule has 1 atom stereocenters. The monoisotopic (exact) mass is 422 g/mol. The summed E-state index contributed by atoms with van der Waals surface area (Å²) in [6.45, 7) is 0.689. The van der Waals surface area contributed by atoms with Gasteiger partial charge in [0, 0.05) is 30.3 Å². The van der Waals surface area contributed by atoms with E-state index in [4.69, 9.17) is 17.3 Å². The van der Waals surface area contributed by atoms with E-state index >= 15 is 4.39 Å². The fourth-order valence-corrected chi connectivity index (χ4v) is 4.40. The van der Waals surface area contributed by atoms with Crippen LogP contribution in [0.4, 0.5) is 10.1 Å². The van der Waals surface area contributed by atoms with Gasteiger partial charge in [0.15, 0.2) is 0 Å². The Balaban J connectivity index is 1.92. The van der Waals surface area contributed by atoms with Gasteiger partial charge in [-0.1, -0.05) is 11.6 Å². The van der Waals surface area contributed by atoms with E-state index in [1.807, 2.05) is 4.90 Å². The minimum absolute atomic E-state index is 0.0198. The predicted molar refractivity (Wildman–Crippen MR) is 107 cm³/mol. The molecule has 1 aromatic heterocycles. The van der Waals surface area contributed by atoms with Crippen molar-refractivity contribution in [3.63, 3.8) is 0 Å². The van der Waals surface area contributed by atoms with Crippen molar-refractivity contribution >= 4 is 34.0 Å². The molecule has 4 rings (SSSR count). The summed E-state index contributed by atoms with van der Waals surface area (Å²) in [4.78, 5) is 36.9. The van der Waals surface area contributed by atoms with Crippen molar-refractivity contribution < 1.29 is 14.1 Å². The van der Waals surface area contributed by atoms with Gasteiger partial charge in [-0.3, -0.25) is 19.7 Å². The molecule has 1 aliphatic carbocycles. The molecule has 154 valence electrons. The highest BCUT2D eigenvalue weighted by atomic mass is 35.5. The highest BCUT2D eigenvalue weighted by Crippen LogP contribution is 2.42. The van der Waals surface area contributed by atoms with Crippen LogP contribution in [0.2, 0.25) is 5.02 Å². The van der Waals surface area contributed by atoms with Gasteiger partial charge in [-0.15, -0.1) is 0 Å². The summed E-state index contributed by atoms with van der Waals surface area (Å²) in [6.07, 6.45) is 3.81. The van der Waals surface area contributed by atoms with Gasteiger partial charge in [-0.2, -0.15) is 0 Å². The quantitative estimate of drug-likeness (QED) is 0.434. The summed E-state index contributed by atoms with van der Waals surface area (Å²) in [5.74, 6) is -1.31. The Morgan fingerprint density at radius 3 is 2.69 bits per heavy atom. The van der Waals surface area contributed by atoms with E-state index in [1.54, 1.807) is 4.57 Å². The second-order valence-electron chi connectivity index (χ2n) is 7.68. The van der Waals surface area contributed by atoms with Crippen LogP contribution < -0.4 is 16.1 Å². The molecule has 1 saturated carbocycles. The number of ketones is 1. The van der Waals surface area contributed by atoms with Gasteiger partial charge in [0.2, 0.25) is 11.2 Å². The van der Waals surface area contributed by atoms with Gasteiger partial charge in [0.1, 0.15) is 5.82 Å². The number of carbonyl (C=O) groups is 1. The number of aromatic nitrogens is 1. The summed E-state index contributed by atoms with van der Waals surface area (Å²) in [6, 6.07) is 1.11. The molecule has 2 fully saturated rings. The van der Waals surface area contributed by atoms with Crippen molar-refractivity contribution in [3.8, 4) is 0 Å². The molecule has 1 aromatic carbocycles. The molecular weight excluding hydrogens is 403 g/mol. The maximum absolute atomic E-state index is 15.0. The first-order valence-corrected chi connectivity index (χ1v) is 9.86. The first kappa shape index (κ1) is 19.8. The van der Waals surface area contributed by atoms with Crippen LogP contribution in [0.25, 0.3) is 10.9 Å². The maximum atomic E-state index is 15.0. The van der Waals surface area contributed by atoms with Crippen LogP contribution in [0.15, 0.2) is 17.1 Å². The summed E-state index contributed by atoms with van der Waals surface area (Å²) in [7, 11) is 0. The number of nitrogens with zero attached hydrogens (tertiary/aromatic N) is 3. The third-order valence-electron chi connectivity index (χ3n) is 5.63. The molecule has 1 saturated heterocycles. The molecule has 0 amide bonds. The molecule has 0 bridgehead atoms. The molecule has 1 unspecified atom stereocenters. The van der Waals surface area contributed by atoms with Crippen LogP contribution in [0, 0.1) is 21.8 Å². The second-order valence-corrected chi connectivity index (χ2v) is 8.06. The van der Waals surface area contributed by atoms with Crippen LogP contribution in [0.3, 0.4) is 0 Å². The topological polar surface area (TPSA) is 111 Å². The average Bonchev–Trinajstić information content (AvgIpc) is 3.40. The number of nitro groups is 1. The van der Waals surface area contributed by atoms with E-state index in [1.165, 1.54) is 6.20 Å². The van der Waals surface area contributed by atoms with E-state index < -0.39 is 28.5 Å². The fourth-order valence-electron chi connectivity index (χ4n) is 3.99. The van der Waals surface area contributed by atoms with Crippen LogP contribution in [-0.2, 0) is 0 Å². The largest absolute Gasteiger partial charge is 0.368 e. The zero-order valence-electron chi connectivity index (χ0n) is 15.6. The number of anilines is 1. The third-order valence-corrected chi connectivity index (χ3v) is 5.99. The molecule has 29 heavy (non-hydrogen) atoms. The summed E-state index contributed by atoms with van der Waals surface area (Å²) in [5.41, 5.74) is 5.28. The number of pyridine rings is 1. The number of Topliss-reactive ketones (excluding diaryl/α,β-unsaturated/α-hetero) is 1. The lowest BCUT2D eigenvalue weighted by Crippen LogP contribution is -2.26. The van der Waals surface area contributed by atoms with Crippen molar-refractivity contribution in [3.05, 3.63) is 49.0 Å². The maximum Gasteiger partial charge on any atom is 0.266 e. The van der Waals surface area contributed by atoms with E-state index in [-0.39, 0.29) is 33.6 Å². The number of halogens is 2. The van der Waals surface area contributed by atoms with E-state index in [9.17, 15) is 19.7 Å². The lowest BCUT2D eigenvalue weighted by Gasteiger charge is -2.23. The number of fused-ring (bicyclic) bond motifs is 1. The Labute approximate surface area is 170 Å². The van der Waals surface area contributed by atoms with Crippen molar-refractivity contribution in [2.45, 2.75) is 25.3 Å². The van der Waals surface area contributed by atoms with Crippen LogP contribution >= 0.6 is 11.6 Å². The minimum Gasteiger partial charge on any atom is -0.368 e. The molecule has 0 radical (unpaired) electrons. The van der Waals surface area contributed by atoms with Crippen molar-refractivity contribution in [2.24, 2.45) is 11.7 Å². The lowest BCUT2D eigenvalue weighted by atomic mass is 10.1. The summed E-state index contributed by atoms with van der Waals surface area (Å²) >= 11 is 6.62. The molecule has 0 spiro atoms. The van der Waals surface area contributed by atoms with Gasteiger partial charge in [-0.25, -0.2) is 4.39 Å². The predicted octanol–water partition coefficient (Wildman–Crippen LogP) is 2.37. The van der Waals surface area contributed by atoms with Gasteiger partial charge in [-0.05, 0) is 37.8 Å². The number of benzene rings is 1. The molecular formula is C19H20ClFN4O4. The number of rotatable bonds is 6. The van der Waals surface area contributed by atoms with E-state index in [0.29, 0.717) is 25.2 Å². The number of hydrogen-bond donors (Lipinski definition) is 1. The van der Waals surface area contributed by atoms with E-state index in [0.717, 1.165) is 25.3 Å². The standard InChI is InChI=1S/C19H20ClFN4O4/c20-16-17-12(5-14(21)18(16)23-4-3-10(6-22)7-23)19(27)13(15(26)9-25(28)29)8-24(17)11-1-2-11/h5,8,10-11H,1-4,6-7,9,22H2. The van der Waals surface area contributed by atoms with Crippen molar-refractivity contribution in [1.82, 2.24) is 4.57 Å². The highest BCUT2D eigenvalue weighted by molar-refractivity contribution is 6.38. The molecule has 2 aromatic rings. The number of hydrogen-bond acceptors (Lipinski definition) is 6. The normalized spacial score (nSPS) is 19.1. The number of carbonyl (C=O) groups excluding carboxylic acids is 1. The zero-order valence-corrected chi connectivity index (χ0v) is 16.3. The summed E-state index contributed by atoms with van der Waals surface area (Å²) < 4.78 is 16.7. The van der Waals surface area contributed by atoms with Gasteiger partial charge < -0.3 is 15.2 Å². The second kappa shape index (κ2) is 7.38. The number of nitrogens with two attached hydrogens (primary N) is 1. The Hall–Kier alpha value is -2.52. The van der Waals surface area contributed by atoms with Crippen molar-refractivity contribution in [2.75, 3.05) is 31.1 Å². The molecule has 2 aliphatic rings. The summed E-state index contributed by atoms with van der Waals surface area (Å²) in [5, 5.41) is 10.8. The smallest absolute Gasteiger partial charge is 0.266 e. The zero-order chi connectivity index (χ0) is 20.9. The van der Waals surface area contributed by atoms with Gasteiger partial charge in [0.05, 0.1) is 27.2 Å². The highest BCUT2D eigenvalue weighted by Gasteiger charge is 2.32. The first-order valence-electron chi connectivity index (χ1n) is 9.48. The van der Waals surface area contributed by atoms with Crippen LogP contribution in [0.1, 0.15) is 35.7 Å². The average molecular weight is 423 g/mol. The van der Waals surface area contributed by atoms with Gasteiger partial charge >= 0.3 is 0 Å². The molecule has 10 heteroatoms. The minimum atomic E-state index is -0.992. The Bertz CT molecular complexity index is 1080. The van der Waals surface area contributed by atoms with E-state index in [2.05, 4.69) is 0 Å². The third kappa shape index (κ3) is 3.49. The lowest BCUT2D eigenvalue weighted by molar-refractivity contribution is -0.465. The molecule has 8 nitrogen and oxygen atoms in total. The SMILES string of the molecule is NCC1CCN(c2c(F)cc3c(=O)c(C(=O)C[N+](=O)[O-])cn(C4CC4)c3c2Cl)C1. The fraction of sp³-hybridized carbons (Fsp3) is 0.474. The Kier molecular flexibility index (Phi) is 5.04.